The van der Waals surface area contributed by atoms with Gasteiger partial charge in [0.1, 0.15) is 0 Å². The van der Waals surface area contributed by atoms with Gasteiger partial charge in [-0.2, -0.15) is 0 Å². The largest absolute Gasteiger partial charge is 0.379 e. The molecule has 3 aromatic rings. The van der Waals surface area contributed by atoms with Crippen LogP contribution in [0.3, 0.4) is 0 Å². The molecule has 30 heavy (non-hydrogen) atoms. The van der Waals surface area contributed by atoms with Crippen LogP contribution in [0.15, 0.2) is 84.9 Å². The number of anilines is 1. The zero-order valence-electron chi connectivity index (χ0n) is 17.0. The molecule has 152 valence electrons. The molecular weight excluding hydrogens is 372 g/mol. The quantitative estimate of drug-likeness (QED) is 0.483. The van der Waals surface area contributed by atoms with Crippen molar-refractivity contribution in [1.29, 1.82) is 0 Å². The lowest BCUT2D eigenvalue weighted by Gasteiger charge is -2.26. The first-order chi connectivity index (χ1) is 14.8. The van der Waals surface area contributed by atoms with E-state index in [9.17, 15) is 4.79 Å². The first-order valence-corrected chi connectivity index (χ1v) is 10.3. The molecule has 0 spiro atoms. The fourth-order valence-corrected chi connectivity index (χ4v) is 3.58. The van der Waals surface area contributed by atoms with Gasteiger partial charge in [0, 0.05) is 30.9 Å². The number of hydrogen-bond acceptors (Lipinski definition) is 3. The Morgan fingerprint density at radius 3 is 2.33 bits per heavy atom. The second kappa shape index (κ2) is 10.0. The predicted molar refractivity (Wildman–Crippen MR) is 122 cm³/mol. The predicted octanol–water partition coefficient (Wildman–Crippen LogP) is 4.70. The highest BCUT2D eigenvalue weighted by Gasteiger charge is 2.14. The van der Waals surface area contributed by atoms with E-state index >= 15 is 0 Å². The summed E-state index contributed by atoms with van der Waals surface area (Å²) < 4.78 is 5.43. The maximum absolute atomic E-state index is 13.2. The summed E-state index contributed by atoms with van der Waals surface area (Å²) in [4.78, 5) is 15.6. The van der Waals surface area contributed by atoms with Crippen LogP contribution in [0.2, 0.25) is 0 Å². The van der Waals surface area contributed by atoms with E-state index < -0.39 is 0 Å². The lowest BCUT2D eigenvalue weighted by Crippen LogP contribution is -2.35. The summed E-state index contributed by atoms with van der Waals surface area (Å²) in [7, 11) is 0. The first-order valence-electron chi connectivity index (χ1n) is 10.3. The highest BCUT2D eigenvalue weighted by atomic mass is 16.5. The average molecular weight is 399 g/mol. The van der Waals surface area contributed by atoms with Crippen LogP contribution in [0.1, 0.15) is 16.7 Å². The van der Waals surface area contributed by atoms with Crippen LogP contribution in [0, 0.1) is 0 Å². The average Bonchev–Trinajstić information content (AvgIpc) is 2.80. The Balaban J connectivity index is 1.54. The summed E-state index contributed by atoms with van der Waals surface area (Å²) >= 11 is 0. The molecule has 0 aliphatic carbocycles. The molecule has 0 atom stereocenters. The molecule has 1 aliphatic heterocycles. The number of carbonyl (C=O) groups is 1. The van der Waals surface area contributed by atoms with Gasteiger partial charge in [0.2, 0.25) is 0 Å². The molecule has 0 bridgehead atoms. The molecule has 0 aromatic heterocycles. The van der Waals surface area contributed by atoms with Gasteiger partial charge in [0.05, 0.1) is 13.2 Å². The van der Waals surface area contributed by atoms with Gasteiger partial charge >= 0.3 is 0 Å². The third-order valence-electron chi connectivity index (χ3n) is 5.13. The molecule has 0 unspecified atom stereocenters. The molecule has 1 fully saturated rings. The van der Waals surface area contributed by atoms with Crippen LogP contribution in [0.5, 0.6) is 0 Å². The van der Waals surface area contributed by atoms with Gasteiger partial charge in [0.15, 0.2) is 0 Å². The van der Waals surface area contributed by atoms with Crippen molar-refractivity contribution in [2.45, 2.75) is 6.54 Å². The van der Waals surface area contributed by atoms with Gasteiger partial charge in [0.25, 0.3) is 5.91 Å². The maximum Gasteiger partial charge on any atom is 0.256 e. The number of nitrogens with one attached hydrogen (secondary N) is 1. The van der Waals surface area contributed by atoms with E-state index in [1.807, 2.05) is 78.9 Å². The van der Waals surface area contributed by atoms with Crippen molar-refractivity contribution >= 4 is 23.2 Å². The summed E-state index contributed by atoms with van der Waals surface area (Å²) in [6, 6.07) is 27.8. The lowest BCUT2D eigenvalue weighted by atomic mass is 10.0. The molecule has 4 nitrogen and oxygen atoms in total. The highest BCUT2D eigenvalue weighted by Crippen LogP contribution is 2.21. The van der Waals surface area contributed by atoms with Gasteiger partial charge in [-0.25, -0.2) is 0 Å². The third-order valence-corrected chi connectivity index (χ3v) is 5.13. The number of ether oxygens (including phenoxy) is 1. The van der Waals surface area contributed by atoms with E-state index in [2.05, 4.69) is 22.3 Å². The Kier molecular flexibility index (Phi) is 6.70. The van der Waals surface area contributed by atoms with Gasteiger partial charge < -0.3 is 10.1 Å². The Labute approximate surface area is 177 Å². The highest BCUT2D eigenvalue weighted by molar-refractivity contribution is 6.29. The van der Waals surface area contributed by atoms with E-state index in [1.165, 1.54) is 5.56 Å². The zero-order valence-corrected chi connectivity index (χ0v) is 17.0. The number of hydrogen-bond donors (Lipinski definition) is 1. The molecule has 1 N–H and O–H groups in total. The normalized spacial score (nSPS) is 15.0. The smallest absolute Gasteiger partial charge is 0.256 e. The van der Waals surface area contributed by atoms with E-state index in [0.29, 0.717) is 5.57 Å². The number of nitrogens with zero attached hydrogens (tertiary/aromatic N) is 1. The molecule has 1 heterocycles. The lowest BCUT2D eigenvalue weighted by molar-refractivity contribution is -0.111. The van der Waals surface area contributed by atoms with Gasteiger partial charge in [-0.05, 0) is 34.9 Å². The van der Waals surface area contributed by atoms with E-state index in [0.717, 1.165) is 49.7 Å². The molecule has 0 saturated carbocycles. The second-order valence-corrected chi connectivity index (χ2v) is 7.38. The standard InChI is InChI=1S/C26H26N2O2/c29-26(25(23-11-5-2-6-12-23)19-21-8-3-1-4-9-21)27-24-13-7-10-22(18-24)20-28-14-16-30-17-15-28/h1-13,18-19H,14-17,20H2,(H,27,29)/b25-19-. The Morgan fingerprint density at radius 2 is 1.60 bits per heavy atom. The second-order valence-electron chi connectivity index (χ2n) is 7.38. The van der Waals surface area contributed by atoms with Crippen LogP contribution >= 0.6 is 0 Å². The first kappa shape index (κ1) is 20.1. The zero-order chi connectivity index (χ0) is 20.6. The molecule has 1 amide bonds. The molecule has 1 aliphatic rings. The molecule has 3 aromatic carbocycles. The summed E-state index contributed by atoms with van der Waals surface area (Å²) in [5.74, 6) is -0.117. The van der Waals surface area contributed by atoms with E-state index in [-0.39, 0.29) is 5.91 Å². The minimum absolute atomic E-state index is 0.117. The number of amides is 1. The van der Waals surface area contributed by atoms with Crippen LogP contribution in [-0.2, 0) is 16.1 Å². The molecule has 4 heteroatoms. The van der Waals surface area contributed by atoms with Crippen LogP contribution in [0.25, 0.3) is 11.6 Å². The van der Waals surface area contributed by atoms with Crippen molar-refractivity contribution in [1.82, 2.24) is 4.90 Å². The van der Waals surface area contributed by atoms with E-state index in [4.69, 9.17) is 4.74 Å². The third kappa shape index (κ3) is 5.44. The summed E-state index contributed by atoms with van der Waals surface area (Å²) in [5.41, 5.74) is 4.51. The molecule has 0 radical (unpaired) electrons. The van der Waals surface area contributed by atoms with Gasteiger partial charge in [-0.1, -0.05) is 72.8 Å². The minimum Gasteiger partial charge on any atom is -0.379 e. The van der Waals surface area contributed by atoms with Crippen LogP contribution < -0.4 is 5.32 Å². The fourth-order valence-electron chi connectivity index (χ4n) is 3.58. The van der Waals surface area contributed by atoms with Gasteiger partial charge in [-0.3, -0.25) is 9.69 Å². The van der Waals surface area contributed by atoms with Crippen molar-refractivity contribution in [2.75, 3.05) is 31.6 Å². The Morgan fingerprint density at radius 1 is 0.900 bits per heavy atom. The topological polar surface area (TPSA) is 41.6 Å². The number of rotatable bonds is 6. The van der Waals surface area contributed by atoms with Crippen molar-refractivity contribution < 1.29 is 9.53 Å². The molecular formula is C26H26N2O2. The van der Waals surface area contributed by atoms with Crippen LogP contribution in [-0.4, -0.2) is 37.1 Å². The molecule has 1 saturated heterocycles. The monoisotopic (exact) mass is 398 g/mol. The SMILES string of the molecule is O=C(Nc1cccc(CN2CCOCC2)c1)/C(=C\c1ccccc1)c1ccccc1. The molecule has 4 rings (SSSR count). The Hall–Kier alpha value is -3.21. The maximum atomic E-state index is 13.2. The summed E-state index contributed by atoms with van der Waals surface area (Å²) in [6.07, 6.45) is 1.93. The number of morpholine rings is 1. The minimum atomic E-state index is -0.117. The fraction of sp³-hybridized carbons (Fsp3) is 0.192. The number of benzene rings is 3. The summed E-state index contributed by atoms with van der Waals surface area (Å²) in [5, 5.41) is 3.09. The van der Waals surface area contributed by atoms with Gasteiger partial charge in [-0.15, -0.1) is 0 Å². The van der Waals surface area contributed by atoms with Crippen molar-refractivity contribution in [3.05, 3.63) is 102 Å². The van der Waals surface area contributed by atoms with Crippen molar-refractivity contribution in [2.24, 2.45) is 0 Å². The van der Waals surface area contributed by atoms with Crippen molar-refractivity contribution in [3.63, 3.8) is 0 Å². The van der Waals surface area contributed by atoms with E-state index in [1.54, 1.807) is 0 Å². The number of carbonyl (C=O) groups excluding carboxylic acids is 1. The van der Waals surface area contributed by atoms with Crippen LogP contribution in [0.4, 0.5) is 5.69 Å². The summed E-state index contributed by atoms with van der Waals surface area (Å²) in [6.45, 7) is 4.30. The Bertz CT molecular complexity index is 994. The van der Waals surface area contributed by atoms with Crippen molar-refractivity contribution in [3.8, 4) is 0 Å².